The normalized spacial score (nSPS) is 10.9. The van der Waals surface area contributed by atoms with Gasteiger partial charge in [0.1, 0.15) is 11.0 Å². The summed E-state index contributed by atoms with van der Waals surface area (Å²) in [7, 11) is 0. The van der Waals surface area contributed by atoms with Gasteiger partial charge in [-0.3, -0.25) is 0 Å². The van der Waals surface area contributed by atoms with Crippen LogP contribution in [0.3, 0.4) is 0 Å². The number of hydrogen-bond donors (Lipinski definition) is 2. The van der Waals surface area contributed by atoms with Crippen LogP contribution >= 0.6 is 35.6 Å². The molecule has 130 valence electrons. The number of aliphatic imine (C=N–C) groups is 1. The quantitative estimate of drug-likeness (QED) is 0.297. The van der Waals surface area contributed by atoms with E-state index in [-0.39, 0.29) is 29.8 Å². The van der Waals surface area contributed by atoms with Crippen molar-refractivity contribution in [3.05, 3.63) is 64.7 Å². The van der Waals surface area contributed by atoms with Gasteiger partial charge in [0.25, 0.3) is 0 Å². The van der Waals surface area contributed by atoms with Gasteiger partial charge in [-0.05, 0) is 42.7 Å². The largest absolute Gasteiger partial charge is 0.357 e. The van der Waals surface area contributed by atoms with Gasteiger partial charge in [-0.2, -0.15) is 0 Å². The average molecular weight is 463 g/mol. The molecule has 4 nitrogen and oxygen atoms in total. The van der Waals surface area contributed by atoms with Crippen LogP contribution in [0.4, 0.5) is 4.39 Å². The Morgan fingerprint density at radius 1 is 1.12 bits per heavy atom. The summed E-state index contributed by atoms with van der Waals surface area (Å²) in [4.78, 5) is 8.55. The maximum atomic E-state index is 12.9. The fourth-order valence-corrected chi connectivity index (χ4v) is 2.09. The second-order valence-electron chi connectivity index (χ2n) is 4.99. The Bertz CT molecular complexity index is 632. The van der Waals surface area contributed by atoms with Gasteiger partial charge in [-0.15, -0.1) is 24.0 Å². The molecule has 0 fully saturated rings. The summed E-state index contributed by atoms with van der Waals surface area (Å²) in [5.74, 6) is 0.498. The summed E-state index contributed by atoms with van der Waals surface area (Å²) in [6, 6.07) is 10.1. The molecule has 7 heteroatoms. The van der Waals surface area contributed by atoms with Gasteiger partial charge in [0.15, 0.2) is 5.96 Å². The Kier molecular flexibility index (Phi) is 9.63. The number of hydrogen-bond acceptors (Lipinski definition) is 2. The van der Waals surface area contributed by atoms with Gasteiger partial charge in [-0.25, -0.2) is 14.4 Å². The molecule has 1 heterocycles. The molecule has 2 rings (SSSR count). The molecule has 2 N–H and O–H groups in total. The number of nitrogens with one attached hydrogen (secondary N) is 2. The van der Waals surface area contributed by atoms with Crippen molar-refractivity contribution in [2.45, 2.75) is 19.9 Å². The molecular formula is C17H21ClFIN4. The Hall–Kier alpha value is -1.41. The second kappa shape index (κ2) is 11.2. The van der Waals surface area contributed by atoms with Crippen LogP contribution in [-0.2, 0) is 13.0 Å². The third-order valence-corrected chi connectivity index (χ3v) is 3.40. The highest BCUT2D eigenvalue weighted by Crippen LogP contribution is 2.05. The maximum Gasteiger partial charge on any atom is 0.191 e. The molecule has 1 aromatic heterocycles. The molecule has 0 atom stereocenters. The molecule has 0 radical (unpaired) electrons. The third kappa shape index (κ3) is 7.44. The Labute approximate surface area is 164 Å². The first kappa shape index (κ1) is 20.6. The summed E-state index contributed by atoms with van der Waals surface area (Å²) in [6.07, 6.45) is 2.59. The lowest BCUT2D eigenvalue weighted by molar-refractivity contribution is 0.627. The van der Waals surface area contributed by atoms with E-state index in [4.69, 9.17) is 11.6 Å². The second-order valence-corrected chi connectivity index (χ2v) is 5.37. The van der Waals surface area contributed by atoms with Crippen LogP contribution in [0.1, 0.15) is 18.1 Å². The van der Waals surface area contributed by atoms with E-state index in [1.54, 1.807) is 24.4 Å². The first-order valence-corrected chi connectivity index (χ1v) is 7.92. The molecule has 0 aliphatic heterocycles. The molecule has 0 spiro atoms. The molecule has 0 bridgehead atoms. The van der Waals surface area contributed by atoms with Gasteiger partial charge < -0.3 is 10.6 Å². The van der Waals surface area contributed by atoms with E-state index in [0.29, 0.717) is 11.7 Å². The molecule has 2 aromatic rings. The van der Waals surface area contributed by atoms with Crippen LogP contribution in [-0.4, -0.2) is 24.0 Å². The minimum atomic E-state index is -0.237. The van der Waals surface area contributed by atoms with Crippen molar-refractivity contribution in [1.29, 1.82) is 0 Å². The first-order valence-electron chi connectivity index (χ1n) is 7.54. The van der Waals surface area contributed by atoms with Crippen LogP contribution in [0.5, 0.6) is 0 Å². The highest BCUT2D eigenvalue weighted by Gasteiger charge is 1.99. The first-order chi connectivity index (χ1) is 11.2. The topological polar surface area (TPSA) is 49.3 Å². The van der Waals surface area contributed by atoms with E-state index in [1.165, 1.54) is 12.1 Å². The van der Waals surface area contributed by atoms with Crippen molar-refractivity contribution >= 4 is 41.5 Å². The molecule has 0 amide bonds. The highest BCUT2D eigenvalue weighted by molar-refractivity contribution is 14.0. The number of rotatable bonds is 6. The van der Waals surface area contributed by atoms with Crippen LogP contribution in [0, 0.1) is 5.82 Å². The summed E-state index contributed by atoms with van der Waals surface area (Å²) in [6.45, 7) is 4.02. The minimum absolute atomic E-state index is 0. The summed E-state index contributed by atoms with van der Waals surface area (Å²) in [5, 5.41) is 6.95. The van der Waals surface area contributed by atoms with Gasteiger partial charge in [-0.1, -0.05) is 29.8 Å². The lowest BCUT2D eigenvalue weighted by Crippen LogP contribution is -2.38. The van der Waals surface area contributed by atoms with Crippen molar-refractivity contribution in [2.24, 2.45) is 4.99 Å². The van der Waals surface area contributed by atoms with Crippen LogP contribution in [0.25, 0.3) is 0 Å². The van der Waals surface area contributed by atoms with Gasteiger partial charge >= 0.3 is 0 Å². The lowest BCUT2D eigenvalue weighted by Gasteiger charge is -2.11. The SMILES string of the molecule is CCNC(=NCc1ccc(F)cc1)NCCc1ccc(Cl)nc1.I. The molecule has 0 unspecified atom stereocenters. The Morgan fingerprint density at radius 2 is 1.83 bits per heavy atom. The number of halogens is 3. The molecule has 0 saturated heterocycles. The standard InChI is InChI=1S/C17H20ClFN4.HI/c1-2-20-17(23-12-13-3-6-15(19)7-4-13)21-10-9-14-5-8-16(18)22-11-14;/h3-8,11H,2,9-10,12H2,1H3,(H2,20,21,23);1H. The van der Waals surface area contributed by atoms with E-state index in [1.807, 2.05) is 13.0 Å². The predicted octanol–water partition coefficient (Wildman–Crippen LogP) is 3.79. The van der Waals surface area contributed by atoms with Crippen LogP contribution in [0.15, 0.2) is 47.6 Å². The summed E-state index contributed by atoms with van der Waals surface area (Å²) in [5.41, 5.74) is 2.07. The number of benzene rings is 1. The summed E-state index contributed by atoms with van der Waals surface area (Å²) < 4.78 is 12.9. The van der Waals surface area contributed by atoms with Gasteiger partial charge in [0, 0.05) is 19.3 Å². The Balaban J connectivity index is 0.00000288. The van der Waals surface area contributed by atoms with E-state index < -0.39 is 0 Å². The van der Waals surface area contributed by atoms with Crippen molar-refractivity contribution in [3.8, 4) is 0 Å². The highest BCUT2D eigenvalue weighted by atomic mass is 127. The fraction of sp³-hybridized carbons (Fsp3) is 0.294. The number of pyridine rings is 1. The fourth-order valence-electron chi connectivity index (χ4n) is 1.98. The van der Waals surface area contributed by atoms with Gasteiger partial charge in [0.2, 0.25) is 0 Å². The van der Waals surface area contributed by atoms with E-state index in [0.717, 1.165) is 36.6 Å². The van der Waals surface area contributed by atoms with Crippen molar-refractivity contribution in [3.63, 3.8) is 0 Å². The molecule has 24 heavy (non-hydrogen) atoms. The van der Waals surface area contributed by atoms with E-state index >= 15 is 0 Å². The minimum Gasteiger partial charge on any atom is -0.357 e. The monoisotopic (exact) mass is 462 g/mol. The Morgan fingerprint density at radius 3 is 2.46 bits per heavy atom. The molecule has 0 aliphatic rings. The molecule has 0 aliphatic carbocycles. The van der Waals surface area contributed by atoms with E-state index in [9.17, 15) is 4.39 Å². The van der Waals surface area contributed by atoms with Crippen molar-refractivity contribution < 1.29 is 4.39 Å². The number of aromatic nitrogens is 1. The molecule has 1 aromatic carbocycles. The van der Waals surface area contributed by atoms with Gasteiger partial charge in [0.05, 0.1) is 6.54 Å². The smallest absolute Gasteiger partial charge is 0.191 e. The van der Waals surface area contributed by atoms with Crippen LogP contribution in [0.2, 0.25) is 5.15 Å². The van der Waals surface area contributed by atoms with E-state index in [2.05, 4.69) is 20.6 Å². The van der Waals surface area contributed by atoms with Crippen molar-refractivity contribution in [2.75, 3.05) is 13.1 Å². The maximum absolute atomic E-state index is 12.9. The zero-order valence-corrected chi connectivity index (χ0v) is 16.5. The zero-order chi connectivity index (χ0) is 16.5. The number of guanidine groups is 1. The summed E-state index contributed by atoms with van der Waals surface area (Å²) >= 11 is 5.77. The predicted molar refractivity (Wildman–Crippen MR) is 108 cm³/mol. The number of nitrogens with zero attached hydrogens (tertiary/aromatic N) is 2. The van der Waals surface area contributed by atoms with Crippen molar-refractivity contribution in [1.82, 2.24) is 15.6 Å². The van der Waals surface area contributed by atoms with Crippen LogP contribution < -0.4 is 10.6 Å². The zero-order valence-electron chi connectivity index (χ0n) is 13.4. The lowest BCUT2D eigenvalue weighted by atomic mass is 10.2. The molecule has 0 saturated carbocycles. The average Bonchev–Trinajstić information content (AvgIpc) is 2.56. The third-order valence-electron chi connectivity index (χ3n) is 3.17. The molecular weight excluding hydrogens is 442 g/mol.